The number of nitrogens with zero attached hydrogens (tertiary/aromatic N) is 1. The molecule has 0 saturated carbocycles. The van der Waals surface area contributed by atoms with Crippen molar-refractivity contribution in [3.63, 3.8) is 0 Å². The van der Waals surface area contributed by atoms with E-state index in [1.54, 1.807) is 10.8 Å². The summed E-state index contributed by atoms with van der Waals surface area (Å²) >= 11 is 0. The number of nitrogens with one attached hydrogen (secondary N) is 1. The van der Waals surface area contributed by atoms with Gasteiger partial charge in [-0.15, -0.1) is 0 Å². The van der Waals surface area contributed by atoms with Gasteiger partial charge in [0.05, 0.1) is 5.56 Å². The second kappa shape index (κ2) is 7.56. The summed E-state index contributed by atoms with van der Waals surface area (Å²) < 4.78 is 1.77. The van der Waals surface area contributed by atoms with Gasteiger partial charge in [-0.3, -0.25) is 9.59 Å². The van der Waals surface area contributed by atoms with Gasteiger partial charge in [-0.1, -0.05) is 60.7 Å². The lowest BCUT2D eigenvalue weighted by molar-refractivity contribution is -0.121. The first-order valence-corrected chi connectivity index (χ1v) is 9.24. The van der Waals surface area contributed by atoms with E-state index < -0.39 is 5.91 Å². The molecule has 0 aliphatic heterocycles. The number of fused-ring (bicyclic) bond motifs is 2. The molecule has 0 fully saturated rings. The molecule has 4 rings (SSSR count). The van der Waals surface area contributed by atoms with Crippen molar-refractivity contribution in [2.75, 3.05) is 6.54 Å². The lowest BCUT2D eigenvalue weighted by Gasteiger charge is -2.09. The molecule has 3 aromatic carbocycles. The van der Waals surface area contributed by atoms with Gasteiger partial charge in [0, 0.05) is 23.6 Å². The van der Waals surface area contributed by atoms with Gasteiger partial charge in [0.1, 0.15) is 6.54 Å². The third-order valence-corrected chi connectivity index (χ3v) is 4.96. The molecule has 140 valence electrons. The highest BCUT2D eigenvalue weighted by molar-refractivity contribution is 6.06. The van der Waals surface area contributed by atoms with E-state index in [2.05, 4.69) is 29.6 Å². The van der Waals surface area contributed by atoms with E-state index in [4.69, 9.17) is 5.73 Å². The summed E-state index contributed by atoms with van der Waals surface area (Å²) in [5, 5.41) is 6.14. The van der Waals surface area contributed by atoms with Crippen LogP contribution in [0.1, 0.15) is 15.9 Å². The number of nitrogens with two attached hydrogens (primary N) is 1. The van der Waals surface area contributed by atoms with E-state index in [1.165, 1.54) is 16.3 Å². The van der Waals surface area contributed by atoms with Crippen molar-refractivity contribution < 1.29 is 9.59 Å². The number of primary amides is 1. The van der Waals surface area contributed by atoms with E-state index in [-0.39, 0.29) is 12.5 Å². The van der Waals surface area contributed by atoms with Crippen LogP contribution in [-0.4, -0.2) is 22.9 Å². The molecule has 5 heteroatoms. The lowest BCUT2D eigenvalue weighted by atomic mass is 10.0. The van der Waals surface area contributed by atoms with E-state index in [1.807, 2.05) is 42.5 Å². The van der Waals surface area contributed by atoms with Crippen LogP contribution < -0.4 is 11.1 Å². The highest BCUT2D eigenvalue weighted by atomic mass is 16.2. The molecule has 1 heterocycles. The second-order valence-electron chi connectivity index (χ2n) is 6.79. The smallest absolute Gasteiger partial charge is 0.250 e. The number of benzene rings is 3. The van der Waals surface area contributed by atoms with Gasteiger partial charge in [0.2, 0.25) is 5.91 Å². The molecule has 0 atom stereocenters. The van der Waals surface area contributed by atoms with Gasteiger partial charge in [0.25, 0.3) is 5.91 Å². The van der Waals surface area contributed by atoms with Gasteiger partial charge >= 0.3 is 0 Å². The second-order valence-corrected chi connectivity index (χ2v) is 6.79. The zero-order valence-electron chi connectivity index (χ0n) is 15.4. The van der Waals surface area contributed by atoms with Crippen LogP contribution in [0.2, 0.25) is 0 Å². The number of hydrogen-bond acceptors (Lipinski definition) is 2. The van der Waals surface area contributed by atoms with E-state index in [0.717, 1.165) is 17.3 Å². The van der Waals surface area contributed by atoms with Crippen LogP contribution in [0.4, 0.5) is 0 Å². The fourth-order valence-electron chi connectivity index (χ4n) is 3.63. The number of carbonyl (C=O) groups is 2. The van der Waals surface area contributed by atoms with Crippen LogP contribution >= 0.6 is 0 Å². The van der Waals surface area contributed by atoms with Crippen LogP contribution in [0, 0.1) is 0 Å². The third kappa shape index (κ3) is 3.47. The van der Waals surface area contributed by atoms with Crippen LogP contribution in [0.25, 0.3) is 21.7 Å². The van der Waals surface area contributed by atoms with Crippen LogP contribution in [-0.2, 0) is 17.8 Å². The zero-order chi connectivity index (χ0) is 19.5. The molecule has 28 heavy (non-hydrogen) atoms. The molecule has 0 aliphatic carbocycles. The number of carbonyl (C=O) groups excluding carboxylic acids is 2. The van der Waals surface area contributed by atoms with Gasteiger partial charge in [-0.25, -0.2) is 0 Å². The van der Waals surface area contributed by atoms with Crippen molar-refractivity contribution in [2.45, 2.75) is 13.0 Å². The first-order valence-electron chi connectivity index (χ1n) is 9.24. The topological polar surface area (TPSA) is 77.1 Å². The van der Waals surface area contributed by atoms with Crippen molar-refractivity contribution in [1.29, 1.82) is 0 Å². The monoisotopic (exact) mass is 371 g/mol. The first kappa shape index (κ1) is 17.8. The highest BCUT2D eigenvalue weighted by Gasteiger charge is 2.14. The summed E-state index contributed by atoms with van der Waals surface area (Å²) in [4.78, 5) is 24.1. The Bertz CT molecular complexity index is 1170. The standard InChI is InChI=1S/C23H21N3O2/c24-23(28)20-14-26(21-11-4-3-10-19(20)21)15-22(27)25-13-12-17-8-5-7-16-6-1-2-9-18(16)17/h1-11,14H,12-13,15H2,(H2,24,28)(H,25,27). The van der Waals surface area contributed by atoms with Crippen molar-refractivity contribution >= 4 is 33.5 Å². The fourth-order valence-corrected chi connectivity index (χ4v) is 3.63. The van der Waals surface area contributed by atoms with Crippen molar-refractivity contribution in [2.24, 2.45) is 5.73 Å². The third-order valence-electron chi connectivity index (χ3n) is 4.96. The SMILES string of the molecule is NC(=O)c1cn(CC(=O)NCCc2cccc3ccccc23)c2ccccc12. The molecule has 0 radical (unpaired) electrons. The Kier molecular flexibility index (Phi) is 4.81. The Morgan fingerprint density at radius 2 is 1.61 bits per heavy atom. The molecule has 4 aromatic rings. The Balaban J connectivity index is 1.44. The van der Waals surface area contributed by atoms with Crippen LogP contribution in [0.5, 0.6) is 0 Å². The number of aromatic nitrogens is 1. The predicted molar refractivity (Wildman–Crippen MR) is 111 cm³/mol. The van der Waals surface area contributed by atoms with Crippen molar-refractivity contribution in [3.05, 3.63) is 84.1 Å². The Morgan fingerprint density at radius 3 is 2.43 bits per heavy atom. The zero-order valence-corrected chi connectivity index (χ0v) is 15.4. The fraction of sp³-hybridized carbons (Fsp3) is 0.130. The minimum atomic E-state index is -0.494. The molecule has 0 saturated heterocycles. The summed E-state index contributed by atoms with van der Waals surface area (Å²) in [5.74, 6) is -0.594. The molecular formula is C23H21N3O2. The lowest BCUT2D eigenvalue weighted by Crippen LogP contribution is -2.29. The number of amides is 2. The molecule has 0 spiro atoms. The van der Waals surface area contributed by atoms with Gasteiger partial charge in [0.15, 0.2) is 0 Å². The van der Waals surface area contributed by atoms with E-state index in [9.17, 15) is 9.59 Å². The van der Waals surface area contributed by atoms with Crippen LogP contribution in [0.15, 0.2) is 72.9 Å². The van der Waals surface area contributed by atoms with Crippen LogP contribution in [0.3, 0.4) is 0 Å². The molecule has 3 N–H and O–H groups in total. The summed E-state index contributed by atoms with van der Waals surface area (Å²) in [6.45, 7) is 0.693. The van der Waals surface area contributed by atoms with Gasteiger partial charge < -0.3 is 15.6 Å². The molecule has 0 unspecified atom stereocenters. The predicted octanol–water partition coefficient (Wildman–Crippen LogP) is 3.25. The summed E-state index contributed by atoms with van der Waals surface area (Å²) in [7, 11) is 0. The molecular weight excluding hydrogens is 350 g/mol. The average Bonchev–Trinajstić information content (AvgIpc) is 3.07. The van der Waals surface area contributed by atoms with Crippen molar-refractivity contribution in [3.8, 4) is 0 Å². The Labute approximate surface area is 162 Å². The minimum absolute atomic E-state index is 0.1000. The maximum atomic E-state index is 12.4. The van der Waals surface area contributed by atoms with E-state index >= 15 is 0 Å². The van der Waals surface area contributed by atoms with Gasteiger partial charge in [-0.2, -0.15) is 0 Å². The number of hydrogen-bond donors (Lipinski definition) is 2. The first-order chi connectivity index (χ1) is 13.6. The minimum Gasteiger partial charge on any atom is -0.366 e. The maximum absolute atomic E-state index is 12.4. The molecule has 1 aromatic heterocycles. The largest absolute Gasteiger partial charge is 0.366 e. The molecule has 2 amide bonds. The normalized spacial score (nSPS) is 11.0. The maximum Gasteiger partial charge on any atom is 0.250 e. The molecule has 0 bridgehead atoms. The molecule has 5 nitrogen and oxygen atoms in total. The summed E-state index contributed by atoms with van der Waals surface area (Å²) in [5.41, 5.74) is 7.92. The Hall–Kier alpha value is -3.60. The Morgan fingerprint density at radius 1 is 0.893 bits per heavy atom. The number of rotatable bonds is 6. The van der Waals surface area contributed by atoms with Crippen molar-refractivity contribution in [1.82, 2.24) is 9.88 Å². The highest BCUT2D eigenvalue weighted by Crippen LogP contribution is 2.21. The van der Waals surface area contributed by atoms with E-state index in [0.29, 0.717) is 12.1 Å². The number of para-hydroxylation sites is 1. The average molecular weight is 371 g/mol. The molecule has 0 aliphatic rings. The van der Waals surface area contributed by atoms with Gasteiger partial charge in [-0.05, 0) is 28.8 Å². The summed E-state index contributed by atoms with van der Waals surface area (Å²) in [6.07, 6.45) is 2.41. The summed E-state index contributed by atoms with van der Waals surface area (Å²) in [6, 6.07) is 21.9. The quantitative estimate of drug-likeness (QED) is 0.546.